The van der Waals surface area contributed by atoms with Crippen molar-refractivity contribution in [3.63, 3.8) is 0 Å². The van der Waals surface area contributed by atoms with Gasteiger partial charge in [-0.05, 0) is 44.0 Å². The van der Waals surface area contributed by atoms with E-state index >= 15 is 0 Å². The maximum Gasteiger partial charge on any atom is 0.119 e. The van der Waals surface area contributed by atoms with Crippen LogP contribution in [0.5, 0.6) is 5.75 Å². The topological polar surface area (TPSA) is 9.23 Å². The van der Waals surface area contributed by atoms with Gasteiger partial charge in [-0.2, -0.15) is 0 Å². The molecule has 0 fully saturated rings. The van der Waals surface area contributed by atoms with Gasteiger partial charge in [0.15, 0.2) is 0 Å². The molecule has 1 aromatic rings. The number of rotatable bonds is 4. The summed E-state index contributed by atoms with van der Waals surface area (Å²) in [6.07, 6.45) is 0.911. The molecule has 0 spiro atoms. The zero-order valence-corrected chi connectivity index (χ0v) is 11.1. The summed E-state index contributed by atoms with van der Waals surface area (Å²) >= 11 is 3.53. The fourth-order valence-corrected chi connectivity index (χ4v) is 1.56. The van der Waals surface area contributed by atoms with Crippen LogP contribution in [0.4, 0.5) is 0 Å². The molecule has 0 atom stereocenters. The van der Waals surface area contributed by atoms with Crippen molar-refractivity contribution in [1.29, 1.82) is 0 Å². The summed E-state index contributed by atoms with van der Waals surface area (Å²) < 4.78 is 6.81. The zero-order valence-electron chi connectivity index (χ0n) is 9.56. The third-order valence-electron chi connectivity index (χ3n) is 2.21. The van der Waals surface area contributed by atoms with E-state index in [0.717, 1.165) is 22.2 Å². The molecule has 0 saturated heterocycles. The molecule has 0 heterocycles. The largest absolute Gasteiger partial charge is 0.493 e. The summed E-state index contributed by atoms with van der Waals surface area (Å²) in [7, 11) is 0. The van der Waals surface area contributed by atoms with Gasteiger partial charge in [-0.15, -0.1) is 6.58 Å². The fraction of sp³-hybridized carbons (Fsp3) is 0.385. The number of ether oxygens (including phenoxy) is 1. The van der Waals surface area contributed by atoms with Crippen LogP contribution in [-0.4, -0.2) is 6.61 Å². The number of halogens is 1. The van der Waals surface area contributed by atoms with Gasteiger partial charge in [-0.3, -0.25) is 0 Å². The van der Waals surface area contributed by atoms with Crippen LogP contribution >= 0.6 is 15.9 Å². The smallest absolute Gasteiger partial charge is 0.119 e. The van der Waals surface area contributed by atoms with Gasteiger partial charge in [0, 0.05) is 10.9 Å². The molecular weight excluding hydrogens is 252 g/mol. The van der Waals surface area contributed by atoms with Gasteiger partial charge in [0.05, 0.1) is 6.61 Å². The average molecular weight is 269 g/mol. The Morgan fingerprint density at radius 2 is 1.87 bits per heavy atom. The first-order valence-corrected chi connectivity index (χ1v) is 5.84. The van der Waals surface area contributed by atoms with Crippen LogP contribution < -0.4 is 4.74 Å². The number of benzene rings is 1. The van der Waals surface area contributed by atoms with E-state index in [1.165, 1.54) is 11.1 Å². The minimum atomic E-state index is 0.704. The van der Waals surface area contributed by atoms with Gasteiger partial charge in [0.1, 0.15) is 5.75 Å². The van der Waals surface area contributed by atoms with E-state index in [1.807, 2.05) is 6.92 Å². The Bertz CT molecular complexity index is 346. The minimum Gasteiger partial charge on any atom is -0.493 e. The van der Waals surface area contributed by atoms with Crippen molar-refractivity contribution >= 4 is 15.9 Å². The standard InChI is InChI=1S/C13H17BrO/c1-9(2)5-6-15-12-7-10(3)13(14)11(4)8-12/h7-8H,1,5-6H2,2-4H3. The number of aryl methyl sites for hydroxylation is 2. The molecule has 0 unspecified atom stereocenters. The lowest BCUT2D eigenvalue weighted by Crippen LogP contribution is -1.98. The van der Waals surface area contributed by atoms with Gasteiger partial charge in [0.2, 0.25) is 0 Å². The predicted octanol–water partition coefficient (Wildman–Crippen LogP) is 4.41. The zero-order chi connectivity index (χ0) is 11.4. The fourth-order valence-electron chi connectivity index (χ4n) is 1.33. The molecule has 1 nitrogen and oxygen atoms in total. The van der Waals surface area contributed by atoms with Crippen LogP contribution in [0.2, 0.25) is 0 Å². The monoisotopic (exact) mass is 268 g/mol. The Morgan fingerprint density at radius 3 is 2.33 bits per heavy atom. The minimum absolute atomic E-state index is 0.704. The average Bonchev–Trinajstić information content (AvgIpc) is 2.13. The maximum atomic E-state index is 5.65. The molecule has 0 aliphatic carbocycles. The molecule has 82 valence electrons. The van der Waals surface area contributed by atoms with Crippen molar-refractivity contribution in [3.8, 4) is 5.75 Å². The lowest BCUT2D eigenvalue weighted by molar-refractivity contribution is 0.321. The summed E-state index contributed by atoms with van der Waals surface area (Å²) in [6.45, 7) is 10.7. The van der Waals surface area contributed by atoms with Gasteiger partial charge < -0.3 is 4.74 Å². The normalized spacial score (nSPS) is 10.1. The third kappa shape index (κ3) is 3.71. The first-order chi connectivity index (χ1) is 7.00. The van der Waals surface area contributed by atoms with E-state index in [0.29, 0.717) is 6.61 Å². The molecule has 0 aromatic heterocycles. The van der Waals surface area contributed by atoms with E-state index in [-0.39, 0.29) is 0 Å². The molecule has 0 amide bonds. The Morgan fingerprint density at radius 1 is 1.33 bits per heavy atom. The molecule has 1 rings (SSSR count). The summed E-state index contributed by atoms with van der Waals surface area (Å²) in [4.78, 5) is 0. The van der Waals surface area contributed by atoms with E-state index in [1.54, 1.807) is 0 Å². The van der Waals surface area contributed by atoms with E-state index in [2.05, 4.69) is 48.5 Å². The van der Waals surface area contributed by atoms with Crippen molar-refractivity contribution in [2.75, 3.05) is 6.61 Å². The van der Waals surface area contributed by atoms with Gasteiger partial charge in [0.25, 0.3) is 0 Å². The molecule has 0 aliphatic rings. The lowest BCUT2D eigenvalue weighted by Gasteiger charge is -2.09. The molecule has 15 heavy (non-hydrogen) atoms. The van der Waals surface area contributed by atoms with Crippen LogP contribution in [0.1, 0.15) is 24.5 Å². The molecule has 0 N–H and O–H groups in total. The predicted molar refractivity (Wildman–Crippen MR) is 68.5 cm³/mol. The quantitative estimate of drug-likeness (QED) is 0.735. The van der Waals surface area contributed by atoms with Gasteiger partial charge >= 0.3 is 0 Å². The molecule has 0 bridgehead atoms. The summed E-state index contributed by atoms with van der Waals surface area (Å²) in [5.74, 6) is 0.939. The van der Waals surface area contributed by atoms with Crippen molar-refractivity contribution in [1.82, 2.24) is 0 Å². The Labute approximate surface area is 100 Å². The molecule has 0 saturated carbocycles. The van der Waals surface area contributed by atoms with Gasteiger partial charge in [-0.1, -0.05) is 21.5 Å². The second kappa shape index (κ2) is 5.36. The van der Waals surface area contributed by atoms with Crippen molar-refractivity contribution in [3.05, 3.63) is 39.9 Å². The maximum absolute atomic E-state index is 5.65. The summed E-state index contributed by atoms with van der Waals surface area (Å²) in [5.41, 5.74) is 3.57. The highest BCUT2D eigenvalue weighted by Crippen LogP contribution is 2.26. The van der Waals surface area contributed by atoms with Crippen molar-refractivity contribution < 1.29 is 4.74 Å². The Kier molecular flexibility index (Phi) is 4.40. The van der Waals surface area contributed by atoms with E-state index in [4.69, 9.17) is 4.74 Å². The van der Waals surface area contributed by atoms with Crippen LogP contribution in [0.15, 0.2) is 28.8 Å². The Hall–Kier alpha value is -0.760. The van der Waals surface area contributed by atoms with Crippen LogP contribution in [0.25, 0.3) is 0 Å². The highest BCUT2D eigenvalue weighted by atomic mass is 79.9. The number of hydrogen-bond acceptors (Lipinski definition) is 1. The number of hydrogen-bond donors (Lipinski definition) is 0. The molecule has 0 aliphatic heterocycles. The summed E-state index contributed by atoms with van der Waals surface area (Å²) in [6, 6.07) is 4.10. The first-order valence-electron chi connectivity index (χ1n) is 5.04. The summed E-state index contributed by atoms with van der Waals surface area (Å²) in [5, 5.41) is 0. The molecule has 0 radical (unpaired) electrons. The van der Waals surface area contributed by atoms with Crippen molar-refractivity contribution in [2.24, 2.45) is 0 Å². The Balaban J connectivity index is 2.66. The molecule has 1 aromatic carbocycles. The third-order valence-corrected chi connectivity index (χ3v) is 3.46. The van der Waals surface area contributed by atoms with E-state index in [9.17, 15) is 0 Å². The van der Waals surface area contributed by atoms with Crippen molar-refractivity contribution in [2.45, 2.75) is 27.2 Å². The first kappa shape index (κ1) is 12.3. The van der Waals surface area contributed by atoms with Gasteiger partial charge in [-0.25, -0.2) is 0 Å². The van der Waals surface area contributed by atoms with Crippen LogP contribution in [0, 0.1) is 13.8 Å². The lowest BCUT2D eigenvalue weighted by atomic mass is 10.1. The molecular formula is C13H17BrO. The highest BCUT2D eigenvalue weighted by molar-refractivity contribution is 9.10. The van der Waals surface area contributed by atoms with Crippen LogP contribution in [0.3, 0.4) is 0 Å². The van der Waals surface area contributed by atoms with E-state index < -0.39 is 0 Å². The highest BCUT2D eigenvalue weighted by Gasteiger charge is 2.02. The van der Waals surface area contributed by atoms with Crippen LogP contribution in [-0.2, 0) is 0 Å². The molecule has 2 heteroatoms. The SMILES string of the molecule is C=C(C)CCOc1cc(C)c(Br)c(C)c1. The second-order valence-corrected chi connectivity index (χ2v) is 4.72. The second-order valence-electron chi connectivity index (χ2n) is 3.93.